The molecule has 1 aromatic rings. The average molecular weight is 193 g/mol. The van der Waals surface area contributed by atoms with Gasteiger partial charge in [0.2, 0.25) is 0 Å². The Bertz CT molecular complexity index is 275. The molecule has 0 radical (unpaired) electrons. The number of phenols is 1. The number of rotatable bonds is 4. The summed E-state index contributed by atoms with van der Waals surface area (Å²) in [5.74, 6) is 0.319. The highest BCUT2D eigenvalue weighted by atomic mass is 16.3. The van der Waals surface area contributed by atoms with Crippen molar-refractivity contribution in [2.24, 2.45) is 11.1 Å². The SMILES string of the molecule is CCC(C)(CN)Cc1ccc(O)cc1. The van der Waals surface area contributed by atoms with Crippen LogP contribution in [0.3, 0.4) is 0 Å². The standard InChI is InChI=1S/C12H19NO/c1-3-12(2,9-13)8-10-4-6-11(14)7-5-10/h4-7,14H,3,8-9,13H2,1-2H3. The molecule has 0 aromatic heterocycles. The van der Waals surface area contributed by atoms with E-state index in [0.717, 1.165) is 12.8 Å². The Kier molecular flexibility index (Phi) is 3.53. The predicted octanol–water partition coefficient (Wildman–Crippen LogP) is 2.31. The summed E-state index contributed by atoms with van der Waals surface area (Å²) in [6.07, 6.45) is 2.05. The minimum atomic E-state index is 0.178. The van der Waals surface area contributed by atoms with E-state index in [1.165, 1.54) is 5.56 Å². The third kappa shape index (κ3) is 2.74. The Morgan fingerprint density at radius 1 is 1.29 bits per heavy atom. The monoisotopic (exact) mass is 193 g/mol. The number of aromatic hydroxyl groups is 1. The molecule has 0 bridgehead atoms. The van der Waals surface area contributed by atoms with Crippen molar-refractivity contribution in [3.8, 4) is 5.75 Å². The smallest absolute Gasteiger partial charge is 0.115 e. The van der Waals surface area contributed by atoms with Gasteiger partial charge in [-0.25, -0.2) is 0 Å². The zero-order valence-corrected chi connectivity index (χ0v) is 8.96. The highest BCUT2D eigenvalue weighted by Crippen LogP contribution is 2.25. The normalized spacial score (nSPS) is 15.1. The van der Waals surface area contributed by atoms with E-state index >= 15 is 0 Å². The molecule has 78 valence electrons. The fourth-order valence-electron chi connectivity index (χ4n) is 1.45. The molecule has 1 unspecified atom stereocenters. The molecule has 0 aliphatic heterocycles. The Labute approximate surface area is 85.8 Å². The van der Waals surface area contributed by atoms with Crippen LogP contribution in [0.4, 0.5) is 0 Å². The first kappa shape index (κ1) is 11.1. The molecule has 0 aliphatic carbocycles. The van der Waals surface area contributed by atoms with Crippen molar-refractivity contribution in [1.82, 2.24) is 0 Å². The van der Waals surface area contributed by atoms with E-state index in [9.17, 15) is 0 Å². The van der Waals surface area contributed by atoms with Gasteiger partial charge in [-0.15, -0.1) is 0 Å². The van der Waals surface area contributed by atoms with Crippen molar-refractivity contribution < 1.29 is 5.11 Å². The second-order valence-electron chi connectivity index (χ2n) is 4.21. The number of phenolic OH excluding ortho intramolecular Hbond substituents is 1. The van der Waals surface area contributed by atoms with Crippen LogP contribution < -0.4 is 5.73 Å². The first-order valence-corrected chi connectivity index (χ1v) is 5.07. The first-order valence-electron chi connectivity index (χ1n) is 5.07. The van der Waals surface area contributed by atoms with Crippen molar-refractivity contribution in [1.29, 1.82) is 0 Å². The zero-order chi connectivity index (χ0) is 10.6. The van der Waals surface area contributed by atoms with Crippen LogP contribution in [0.2, 0.25) is 0 Å². The molecule has 14 heavy (non-hydrogen) atoms. The van der Waals surface area contributed by atoms with Crippen LogP contribution in [0.25, 0.3) is 0 Å². The van der Waals surface area contributed by atoms with Gasteiger partial charge in [-0.1, -0.05) is 26.0 Å². The summed E-state index contributed by atoms with van der Waals surface area (Å²) < 4.78 is 0. The lowest BCUT2D eigenvalue weighted by atomic mass is 9.81. The fraction of sp³-hybridized carbons (Fsp3) is 0.500. The topological polar surface area (TPSA) is 46.2 Å². The minimum absolute atomic E-state index is 0.178. The number of benzene rings is 1. The van der Waals surface area contributed by atoms with Gasteiger partial charge in [0.05, 0.1) is 0 Å². The maximum Gasteiger partial charge on any atom is 0.115 e. The number of hydrogen-bond donors (Lipinski definition) is 2. The summed E-state index contributed by atoms with van der Waals surface area (Å²) in [5.41, 5.74) is 7.16. The first-order chi connectivity index (χ1) is 6.59. The van der Waals surface area contributed by atoms with Crippen LogP contribution in [0.5, 0.6) is 5.75 Å². The van der Waals surface area contributed by atoms with Crippen LogP contribution in [0, 0.1) is 5.41 Å². The summed E-state index contributed by atoms with van der Waals surface area (Å²) in [6, 6.07) is 7.36. The van der Waals surface area contributed by atoms with Gasteiger partial charge in [0.25, 0.3) is 0 Å². The highest BCUT2D eigenvalue weighted by Gasteiger charge is 2.20. The van der Waals surface area contributed by atoms with Crippen LogP contribution in [0.1, 0.15) is 25.8 Å². The van der Waals surface area contributed by atoms with Crippen LogP contribution in [-0.4, -0.2) is 11.7 Å². The molecule has 1 aromatic carbocycles. The third-order valence-electron chi connectivity index (χ3n) is 2.91. The minimum Gasteiger partial charge on any atom is -0.508 e. The molecule has 1 rings (SSSR count). The Morgan fingerprint density at radius 3 is 2.29 bits per heavy atom. The molecule has 1 atom stereocenters. The number of nitrogens with two attached hydrogens (primary N) is 1. The molecule has 0 saturated heterocycles. The molecule has 2 heteroatoms. The molecule has 0 amide bonds. The maximum absolute atomic E-state index is 9.14. The Morgan fingerprint density at radius 2 is 1.86 bits per heavy atom. The van der Waals surface area contributed by atoms with E-state index in [2.05, 4.69) is 13.8 Å². The molecular formula is C12H19NO. The van der Waals surface area contributed by atoms with Gasteiger partial charge in [0, 0.05) is 0 Å². The molecule has 0 heterocycles. The largest absolute Gasteiger partial charge is 0.508 e. The molecular weight excluding hydrogens is 174 g/mol. The Balaban J connectivity index is 2.72. The van der Waals surface area contributed by atoms with E-state index < -0.39 is 0 Å². The maximum atomic E-state index is 9.14. The van der Waals surface area contributed by atoms with Crippen LogP contribution in [0.15, 0.2) is 24.3 Å². The van der Waals surface area contributed by atoms with Gasteiger partial charge in [-0.2, -0.15) is 0 Å². The zero-order valence-electron chi connectivity index (χ0n) is 8.96. The second-order valence-corrected chi connectivity index (χ2v) is 4.21. The molecule has 2 nitrogen and oxygen atoms in total. The summed E-state index contributed by atoms with van der Waals surface area (Å²) in [4.78, 5) is 0. The summed E-state index contributed by atoms with van der Waals surface area (Å²) >= 11 is 0. The van der Waals surface area contributed by atoms with Gasteiger partial charge in [-0.05, 0) is 42.5 Å². The number of hydrogen-bond acceptors (Lipinski definition) is 2. The lowest BCUT2D eigenvalue weighted by molar-refractivity contribution is 0.320. The van der Waals surface area contributed by atoms with Gasteiger partial charge in [0.1, 0.15) is 5.75 Å². The van der Waals surface area contributed by atoms with Crippen molar-refractivity contribution in [2.75, 3.05) is 6.54 Å². The lowest BCUT2D eigenvalue weighted by Crippen LogP contribution is -2.28. The van der Waals surface area contributed by atoms with E-state index in [1.54, 1.807) is 12.1 Å². The van der Waals surface area contributed by atoms with Gasteiger partial charge in [0.15, 0.2) is 0 Å². The van der Waals surface area contributed by atoms with Crippen molar-refractivity contribution in [3.05, 3.63) is 29.8 Å². The van der Waals surface area contributed by atoms with Gasteiger partial charge in [-0.3, -0.25) is 0 Å². The third-order valence-corrected chi connectivity index (χ3v) is 2.91. The summed E-state index contributed by atoms with van der Waals surface area (Å²) in [6.45, 7) is 5.05. The van der Waals surface area contributed by atoms with Crippen LogP contribution in [-0.2, 0) is 6.42 Å². The summed E-state index contributed by atoms with van der Waals surface area (Å²) in [5, 5.41) is 9.14. The quantitative estimate of drug-likeness (QED) is 0.770. The molecule has 0 saturated carbocycles. The van der Waals surface area contributed by atoms with Gasteiger partial charge >= 0.3 is 0 Å². The molecule has 3 N–H and O–H groups in total. The molecule has 0 fully saturated rings. The fourth-order valence-corrected chi connectivity index (χ4v) is 1.45. The molecule has 0 spiro atoms. The van der Waals surface area contributed by atoms with E-state index in [1.807, 2.05) is 12.1 Å². The average Bonchev–Trinajstić information content (AvgIpc) is 2.21. The molecule has 0 aliphatic rings. The summed E-state index contributed by atoms with van der Waals surface area (Å²) in [7, 11) is 0. The highest BCUT2D eigenvalue weighted by molar-refractivity contribution is 5.26. The lowest BCUT2D eigenvalue weighted by Gasteiger charge is -2.26. The Hall–Kier alpha value is -1.02. The van der Waals surface area contributed by atoms with Crippen molar-refractivity contribution in [3.63, 3.8) is 0 Å². The predicted molar refractivity (Wildman–Crippen MR) is 59.3 cm³/mol. The second kappa shape index (κ2) is 4.47. The van der Waals surface area contributed by atoms with E-state index in [0.29, 0.717) is 12.3 Å². The van der Waals surface area contributed by atoms with Crippen molar-refractivity contribution in [2.45, 2.75) is 26.7 Å². The van der Waals surface area contributed by atoms with Crippen LogP contribution >= 0.6 is 0 Å². The van der Waals surface area contributed by atoms with E-state index in [4.69, 9.17) is 10.8 Å². The van der Waals surface area contributed by atoms with Gasteiger partial charge < -0.3 is 10.8 Å². The van der Waals surface area contributed by atoms with E-state index in [-0.39, 0.29) is 5.41 Å². The van der Waals surface area contributed by atoms with Crippen molar-refractivity contribution >= 4 is 0 Å².